The van der Waals surface area contributed by atoms with E-state index in [2.05, 4.69) is 29.4 Å². The van der Waals surface area contributed by atoms with Crippen molar-refractivity contribution in [3.05, 3.63) is 40.9 Å². The van der Waals surface area contributed by atoms with Gasteiger partial charge in [-0.1, -0.05) is 19.1 Å². The van der Waals surface area contributed by atoms with Crippen LogP contribution in [0.3, 0.4) is 0 Å². The van der Waals surface area contributed by atoms with E-state index in [1.165, 1.54) is 28.8 Å². The molecule has 0 saturated carbocycles. The van der Waals surface area contributed by atoms with Crippen LogP contribution in [0.25, 0.3) is 0 Å². The van der Waals surface area contributed by atoms with Crippen molar-refractivity contribution in [2.75, 3.05) is 18.9 Å². The highest BCUT2D eigenvalue weighted by Gasteiger charge is 2.14. The molecule has 0 fully saturated rings. The maximum atomic E-state index is 11.9. The highest BCUT2D eigenvalue weighted by molar-refractivity contribution is 7.13. The molecule has 0 aliphatic heterocycles. The van der Waals surface area contributed by atoms with Gasteiger partial charge in [-0.15, -0.1) is 11.3 Å². The lowest BCUT2D eigenvalue weighted by Crippen LogP contribution is -2.33. The number of amides is 1. The second kappa shape index (κ2) is 7.73. The first-order valence-electron chi connectivity index (χ1n) is 7.24. The van der Waals surface area contributed by atoms with Gasteiger partial charge in [-0.05, 0) is 24.1 Å². The Hall–Kier alpha value is -2.41. The molecule has 1 heterocycles. The highest BCUT2D eigenvalue weighted by Crippen LogP contribution is 2.21. The van der Waals surface area contributed by atoms with E-state index < -0.39 is 5.97 Å². The summed E-state index contributed by atoms with van der Waals surface area (Å²) >= 11 is 1.41. The maximum absolute atomic E-state index is 11.9. The number of hydrogen-bond donors (Lipinski definition) is 2. The van der Waals surface area contributed by atoms with E-state index in [9.17, 15) is 9.59 Å². The van der Waals surface area contributed by atoms with Gasteiger partial charge >= 0.3 is 5.97 Å². The number of carbonyl (C=O) groups excluding carboxylic acids is 1. The maximum Gasteiger partial charge on any atom is 0.323 e. The number of nitrogens with zero attached hydrogens (tertiary/aromatic N) is 2. The summed E-state index contributed by atoms with van der Waals surface area (Å²) in [7, 11) is 1.47. The Labute approximate surface area is 138 Å². The van der Waals surface area contributed by atoms with Crippen LogP contribution in [0.1, 0.15) is 18.2 Å². The number of nitrogens with one attached hydrogen (secondary N) is 1. The molecule has 2 rings (SSSR count). The van der Waals surface area contributed by atoms with Crippen molar-refractivity contribution in [2.24, 2.45) is 0 Å². The molecule has 0 aliphatic carbocycles. The van der Waals surface area contributed by atoms with Gasteiger partial charge in [0.25, 0.3) is 0 Å². The van der Waals surface area contributed by atoms with E-state index >= 15 is 0 Å². The molecule has 1 aromatic heterocycles. The minimum Gasteiger partial charge on any atom is -0.480 e. The number of thiazole rings is 1. The lowest BCUT2D eigenvalue weighted by atomic mass is 10.1. The number of aromatic nitrogens is 1. The smallest absolute Gasteiger partial charge is 0.323 e. The molecule has 0 atom stereocenters. The summed E-state index contributed by atoms with van der Waals surface area (Å²) in [5.74, 6) is -1.30. The zero-order valence-corrected chi connectivity index (χ0v) is 13.9. The summed E-state index contributed by atoms with van der Waals surface area (Å²) in [5.41, 5.74) is 2.84. The summed E-state index contributed by atoms with van der Waals surface area (Å²) in [4.78, 5) is 28.0. The summed E-state index contributed by atoms with van der Waals surface area (Å²) < 4.78 is 0. The fourth-order valence-electron chi connectivity index (χ4n) is 1.97. The number of carbonyl (C=O) groups is 2. The van der Waals surface area contributed by atoms with Crippen molar-refractivity contribution >= 4 is 34.0 Å². The summed E-state index contributed by atoms with van der Waals surface area (Å²) in [6, 6.07) is 8.10. The standard InChI is InChI=1S/C16H19N3O3S/c1-3-11-4-6-12(7-5-11)17-16-18-13(10-23-16)8-14(20)19(2)9-15(21)22/h4-7,10H,3,8-9H2,1-2H3,(H,17,18)(H,21,22). The number of hydrogen-bond acceptors (Lipinski definition) is 5. The number of likely N-dealkylation sites (N-methyl/N-ethyl adjacent to an activating group) is 1. The zero-order chi connectivity index (χ0) is 16.8. The van der Waals surface area contributed by atoms with Crippen LogP contribution >= 0.6 is 11.3 Å². The van der Waals surface area contributed by atoms with Gasteiger partial charge in [0, 0.05) is 18.1 Å². The third kappa shape index (κ3) is 5.07. The summed E-state index contributed by atoms with van der Waals surface area (Å²) in [6.07, 6.45) is 1.09. The van der Waals surface area contributed by atoms with Crippen molar-refractivity contribution in [1.82, 2.24) is 9.88 Å². The second-order valence-corrected chi connectivity index (χ2v) is 6.00. The molecule has 0 saturated heterocycles. The van der Waals surface area contributed by atoms with Crippen molar-refractivity contribution in [2.45, 2.75) is 19.8 Å². The van der Waals surface area contributed by atoms with Crippen LogP contribution in [0, 0.1) is 0 Å². The normalized spacial score (nSPS) is 10.3. The van der Waals surface area contributed by atoms with Crippen LogP contribution in [-0.2, 0) is 22.4 Å². The zero-order valence-electron chi connectivity index (χ0n) is 13.1. The van der Waals surface area contributed by atoms with Crippen molar-refractivity contribution in [3.8, 4) is 0 Å². The monoisotopic (exact) mass is 333 g/mol. The Kier molecular flexibility index (Phi) is 5.70. The van der Waals surface area contributed by atoms with E-state index in [4.69, 9.17) is 5.11 Å². The van der Waals surface area contributed by atoms with Crippen LogP contribution in [0.5, 0.6) is 0 Å². The fourth-order valence-corrected chi connectivity index (χ4v) is 2.70. The Morgan fingerprint density at radius 3 is 2.61 bits per heavy atom. The number of rotatable bonds is 7. The molecule has 6 nitrogen and oxygen atoms in total. The topological polar surface area (TPSA) is 82.5 Å². The molecule has 2 aromatic rings. The van der Waals surface area contributed by atoms with E-state index in [0.717, 1.165) is 12.1 Å². The Balaban J connectivity index is 1.94. The van der Waals surface area contributed by atoms with Crippen molar-refractivity contribution < 1.29 is 14.7 Å². The van der Waals surface area contributed by atoms with Crippen molar-refractivity contribution in [3.63, 3.8) is 0 Å². The predicted octanol–water partition coefficient (Wildman–Crippen LogP) is 2.53. The third-order valence-electron chi connectivity index (χ3n) is 3.30. The first kappa shape index (κ1) is 17.0. The minimum atomic E-state index is -1.03. The molecular formula is C16H19N3O3S. The van der Waals surface area contributed by atoms with Gasteiger partial charge in [-0.3, -0.25) is 9.59 Å². The molecule has 0 bridgehead atoms. The molecule has 2 N–H and O–H groups in total. The fraction of sp³-hybridized carbons (Fsp3) is 0.312. The minimum absolute atomic E-state index is 0.0940. The Bertz CT molecular complexity index is 682. The first-order chi connectivity index (χ1) is 11.0. The average molecular weight is 333 g/mol. The van der Waals surface area contributed by atoms with Gasteiger partial charge in [0.05, 0.1) is 12.1 Å². The Morgan fingerprint density at radius 1 is 1.30 bits per heavy atom. The second-order valence-electron chi connectivity index (χ2n) is 5.14. The molecule has 23 heavy (non-hydrogen) atoms. The van der Waals surface area contributed by atoms with E-state index in [-0.39, 0.29) is 18.9 Å². The third-order valence-corrected chi connectivity index (χ3v) is 4.10. The average Bonchev–Trinajstić information content (AvgIpc) is 2.94. The van der Waals surface area contributed by atoms with E-state index in [0.29, 0.717) is 10.8 Å². The molecule has 0 unspecified atom stereocenters. The van der Waals surface area contributed by atoms with Crippen molar-refractivity contribution in [1.29, 1.82) is 0 Å². The van der Waals surface area contributed by atoms with Crippen LogP contribution in [-0.4, -0.2) is 40.5 Å². The number of aliphatic carboxylic acids is 1. The van der Waals surface area contributed by atoms with Gasteiger partial charge in [-0.25, -0.2) is 4.98 Å². The summed E-state index contributed by atoms with van der Waals surface area (Å²) in [6.45, 7) is 1.80. The molecule has 7 heteroatoms. The number of carboxylic acids is 1. The van der Waals surface area contributed by atoms with Gasteiger partial charge < -0.3 is 15.3 Å². The molecule has 1 aromatic carbocycles. The quantitative estimate of drug-likeness (QED) is 0.813. The van der Waals surface area contributed by atoms with Crippen LogP contribution < -0.4 is 5.32 Å². The van der Waals surface area contributed by atoms with Gasteiger partial charge in [0.15, 0.2) is 5.13 Å². The highest BCUT2D eigenvalue weighted by atomic mass is 32.1. The van der Waals surface area contributed by atoms with Crippen LogP contribution in [0.2, 0.25) is 0 Å². The lowest BCUT2D eigenvalue weighted by molar-refractivity contribution is -0.143. The molecule has 0 spiro atoms. The van der Waals surface area contributed by atoms with Crippen LogP contribution in [0.4, 0.5) is 10.8 Å². The SMILES string of the molecule is CCc1ccc(Nc2nc(CC(=O)N(C)CC(=O)O)cs2)cc1. The number of anilines is 2. The molecule has 0 radical (unpaired) electrons. The number of carboxylic acid groups (broad SMARTS) is 1. The van der Waals surface area contributed by atoms with E-state index in [1.54, 1.807) is 5.38 Å². The van der Waals surface area contributed by atoms with Gasteiger partial charge in [0.2, 0.25) is 5.91 Å². The largest absolute Gasteiger partial charge is 0.480 e. The first-order valence-corrected chi connectivity index (χ1v) is 8.12. The molecular weight excluding hydrogens is 314 g/mol. The molecule has 0 aliphatic rings. The number of benzene rings is 1. The number of aryl methyl sites for hydroxylation is 1. The van der Waals surface area contributed by atoms with Gasteiger partial charge in [0.1, 0.15) is 6.54 Å². The van der Waals surface area contributed by atoms with Crippen LogP contribution in [0.15, 0.2) is 29.6 Å². The Morgan fingerprint density at radius 2 is 2.00 bits per heavy atom. The lowest BCUT2D eigenvalue weighted by Gasteiger charge is -2.13. The molecule has 1 amide bonds. The van der Waals surface area contributed by atoms with E-state index in [1.807, 2.05) is 12.1 Å². The predicted molar refractivity (Wildman–Crippen MR) is 90.2 cm³/mol. The van der Waals surface area contributed by atoms with Gasteiger partial charge in [-0.2, -0.15) is 0 Å². The molecule has 122 valence electrons. The summed E-state index contributed by atoms with van der Waals surface area (Å²) in [5, 5.41) is 14.4.